The lowest BCUT2D eigenvalue weighted by atomic mass is 10.2. The molecule has 0 aliphatic heterocycles. The van der Waals surface area contributed by atoms with Gasteiger partial charge in [0.2, 0.25) is 0 Å². The minimum atomic E-state index is -1.03. The Balaban J connectivity index is 1.74. The number of aromatic hydroxyl groups is 1. The van der Waals surface area contributed by atoms with Crippen LogP contribution in [0.5, 0.6) is 11.6 Å². The van der Waals surface area contributed by atoms with Gasteiger partial charge in [-0.1, -0.05) is 42.5 Å². The summed E-state index contributed by atoms with van der Waals surface area (Å²) in [4.78, 5) is 27.2. The molecule has 0 radical (unpaired) electrons. The molecule has 3 aromatic rings. The third kappa shape index (κ3) is 4.63. The van der Waals surface area contributed by atoms with Crippen molar-refractivity contribution in [2.45, 2.75) is 6.61 Å². The lowest BCUT2D eigenvalue weighted by molar-refractivity contribution is -0.387. The van der Waals surface area contributed by atoms with Gasteiger partial charge in [-0.25, -0.2) is 0 Å². The minimum absolute atomic E-state index is 0.00590. The molecule has 0 aliphatic rings. The smallest absolute Gasteiger partial charge is 0.395 e. The predicted molar refractivity (Wildman–Crippen MR) is 107 cm³/mol. The van der Waals surface area contributed by atoms with Gasteiger partial charge in [0.15, 0.2) is 0 Å². The van der Waals surface area contributed by atoms with Crippen molar-refractivity contribution in [1.29, 1.82) is 0 Å². The summed E-state index contributed by atoms with van der Waals surface area (Å²) < 4.78 is 6.51. The molecule has 0 bridgehead atoms. The number of rotatable bonds is 6. The van der Waals surface area contributed by atoms with Crippen LogP contribution in [0.3, 0.4) is 0 Å². The Labute approximate surface area is 167 Å². The summed E-state index contributed by atoms with van der Waals surface area (Å²) in [5.74, 6) is -0.270. The fourth-order valence-corrected chi connectivity index (χ4v) is 2.87. The molecule has 9 heteroatoms. The molecule has 0 fully saturated rings. The van der Waals surface area contributed by atoms with E-state index in [0.717, 1.165) is 15.6 Å². The number of benzene rings is 2. The third-order valence-corrected chi connectivity index (χ3v) is 4.32. The molecule has 1 heterocycles. The van der Waals surface area contributed by atoms with Crippen LogP contribution in [0.1, 0.15) is 17.0 Å². The number of nitrogens with zero attached hydrogens (tertiary/aromatic N) is 2. The maximum absolute atomic E-state index is 11.6. The first-order valence-corrected chi connectivity index (χ1v) is 8.85. The summed E-state index contributed by atoms with van der Waals surface area (Å²) in [5.41, 5.74) is -0.200. The highest BCUT2D eigenvalue weighted by Crippen LogP contribution is 2.27. The molecule has 8 nitrogen and oxygen atoms in total. The molecule has 2 aromatic carbocycles. The maximum Gasteiger partial charge on any atom is 0.395 e. The molecular formula is C19H14BrN3O5. The summed E-state index contributed by atoms with van der Waals surface area (Å²) in [7, 11) is 0. The molecular weight excluding hydrogens is 430 g/mol. The van der Waals surface area contributed by atoms with Crippen molar-refractivity contribution < 1.29 is 14.8 Å². The van der Waals surface area contributed by atoms with Crippen molar-refractivity contribution in [3.63, 3.8) is 0 Å². The minimum Gasteiger partial charge on any atom is -0.488 e. The first kappa shape index (κ1) is 19.3. The summed E-state index contributed by atoms with van der Waals surface area (Å²) >= 11 is 3.45. The highest BCUT2D eigenvalue weighted by molar-refractivity contribution is 9.10. The normalized spacial score (nSPS) is 10.9. The van der Waals surface area contributed by atoms with Crippen LogP contribution in [-0.2, 0) is 6.61 Å². The Morgan fingerprint density at radius 2 is 1.96 bits per heavy atom. The molecule has 3 rings (SSSR count). The molecule has 142 valence electrons. The Morgan fingerprint density at radius 1 is 1.21 bits per heavy atom. The molecule has 0 saturated carbocycles. The second-order valence-corrected chi connectivity index (χ2v) is 6.53. The Hall–Kier alpha value is -3.46. The van der Waals surface area contributed by atoms with Crippen LogP contribution in [0.2, 0.25) is 0 Å². The van der Waals surface area contributed by atoms with E-state index in [-0.39, 0.29) is 5.82 Å². The van der Waals surface area contributed by atoms with Gasteiger partial charge < -0.3 is 14.8 Å². The molecule has 2 N–H and O–H groups in total. The predicted octanol–water partition coefficient (Wildman–Crippen LogP) is 3.90. The standard InChI is InChI=1S/C19H14BrN3O5/c20-14-10-12(6-8-15(14)28-11-13-4-2-1-3-5-13)7-9-16-21-18(24)17(23(26)27)19(25)22-16/h1-10H,11H2,(H2,21,22,24,25). The van der Waals surface area contributed by atoms with Gasteiger partial charge in [-0.3, -0.25) is 14.9 Å². The Bertz CT molecular complexity index is 1100. The van der Waals surface area contributed by atoms with Crippen LogP contribution >= 0.6 is 15.9 Å². The van der Waals surface area contributed by atoms with E-state index < -0.39 is 22.0 Å². The van der Waals surface area contributed by atoms with E-state index >= 15 is 0 Å². The number of hydrogen-bond donors (Lipinski definition) is 2. The van der Waals surface area contributed by atoms with Gasteiger partial charge in [0.05, 0.1) is 9.40 Å². The fraction of sp³-hybridized carbons (Fsp3) is 0.0526. The third-order valence-electron chi connectivity index (χ3n) is 3.70. The fourth-order valence-electron chi connectivity index (χ4n) is 2.36. The van der Waals surface area contributed by atoms with Crippen LogP contribution in [0.25, 0.3) is 12.2 Å². The van der Waals surface area contributed by atoms with Crippen molar-refractivity contribution in [2.75, 3.05) is 0 Å². The van der Waals surface area contributed by atoms with E-state index in [1.165, 1.54) is 6.08 Å². The van der Waals surface area contributed by atoms with Crippen LogP contribution in [0, 0.1) is 10.1 Å². The first-order chi connectivity index (χ1) is 13.4. The topological polar surface area (TPSA) is 118 Å². The summed E-state index contributed by atoms with van der Waals surface area (Å²) in [6, 6.07) is 15.2. The van der Waals surface area contributed by atoms with Crippen LogP contribution < -0.4 is 10.3 Å². The van der Waals surface area contributed by atoms with Crippen molar-refractivity contribution in [2.24, 2.45) is 0 Å². The molecule has 0 aliphatic carbocycles. The van der Waals surface area contributed by atoms with Gasteiger partial charge in [0.1, 0.15) is 18.2 Å². The van der Waals surface area contributed by atoms with Gasteiger partial charge in [-0.2, -0.15) is 4.98 Å². The van der Waals surface area contributed by atoms with Gasteiger partial charge in [0, 0.05) is 0 Å². The number of nitrogens with one attached hydrogen (secondary N) is 1. The van der Waals surface area contributed by atoms with Crippen molar-refractivity contribution in [3.05, 3.63) is 90.4 Å². The van der Waals surface area contributed by atoms with Gasteiger partial charge >= 0.3 is 11.2 Å². The largest absolute Gasteiger partial charge is 0.488 e. The average Bonchev–Trinajstić information content (AvgIpc) is 2.65. The number of halogens is 1. The molecule has 1 aromatic heterocycles. The number of aromatic amines is 1. The van der Waals surface area contributed by atoms with Crippen molar-refractivity contribution in [1.82, 2.24) is 9.97 Å². The number of hydrogen-bond acceptors (Lipinski definition) is 6. The first-order valence-electron chi connectivity index (χ1n) is 8.06. The quantitative estimate of drug-likeness (QED) is 0.440. The molecule has 0 atom stereocenters. The molecule has 0 saturated heterocycles. The molecule has 0 spiro atoms. The van der Waals surface area contributed by atoms with Gasteiger partial charge in [-0.15, -0.1) is 0 Å². The zero-order valence-corrected chi connectivity index (χ0v) is 15.9. The maximum atomic E-state index is 11.6. The van der Waals surface area contributed by atoms with E-state index in [2.05, 4.69) is 25.9 Å². The Kier molecular flexibility index (Phi) is 5.85. The van der Waals surface area contributed by atoms with E-state index in [0.29, 0.717) is 12.4 Å². The second kappa shape index (κ2) is 8.49. The number of H-pyrrole nitrogens is 1. The van der Waals surface area contributed by atoms with E-state index in [9.17, 15) is 20.0 Å². The number of ether oxygens (including phenoxy) is 1. The molecule has 0 unspecified atom stereocenters. The van der Waals surface area contributed by atoms with E-state index in [1.807, 2.05) is 30.3 Å². The number of aromatic nitrogens is 2. The van der Waals surface area contributed by atoms with E-state index in [1.54, 1.807) is 24.3 Å². The summed E-state index contributed by atoms with van der Waals surface area (Å²) in [5, 5.41) is 20.2. The highest BCUT2D eigenvalue weighted by Gasteiger charge is 2.21. The van der Waals surface area contributed by atoms with Crippen LogP contribution in [0.4, 0.5) is 5.69 Å². The zero-order valence-electron chi connectivity index (χ0n) is 14.3. The Morgan fingerprint density at radius 3 is 2.61 bits per heavy atom. The van der Waals surface area contributed by atoms with Crippen molar-refractivity contribution in [3.8, 4) is 11.6 Å². The van der Waals surface area contributed by atoms with Gasteiger partial charge in [0.25, 0.3) is 5.88 Å². The van der Waals surface area contributed by atoms with E-state index in [4.69, 9.17) is 4.74 Å². The van der Waals surface area contributed by atoms with Crippen LogP contribution in [-0.4, -0.2) is 20.0 Å². The lowest BCUT2D eigenvalue weighted by Crippen LogP contribution is -2.14. The molecule has 0 amide bonds. The average molecular weight is 444 g/mol. The van der Waals surface area contributed by atoms with Gasteiger partial charge in [-0.05, 0) is 45.3 Å². The SMILES string of the molecule is O=c1[nH]c(C=Cc2ccc(OCc3ccccc3)c(Br)c2)nc(O)c1[N+](=O)[O-]. The van der Waals surface area contributed by atoms with Crippen molar-refractivity contribution >= 4 is 33.8 Å². The zero-order chi connectivity index (χ0) is 20.1. The van der Waals surface area contributed by atoms with Crippen LogP contribution in [0.15, 0.2) is 57.8 Å². The second-order valence-electron chi connectivity index (χ2n) is 5.68. The highest BCUT2D eigenvalue weighted by atomic mass is 79.9. The summed E-state index contributed by atoms with van der Waals surface area (Å²) in [6.07, 6.45) is 3.06. The molecule has 28 heavy (non-hydrogen) atoms. The number of nitro groups is 1. The lowest BCUT2D eigenvalue weighted by Gasteiger charge is -2.09. The summed E-state index contributed by atoms with van der Waals surface area (Å²) in [6.45, 7) is 0.432. The monoisotopic (exact) mass is 443 g/mol.